The van der Waals surface area contributed by atoms with Crippen LogP contribution in [0.25, 0.3) is 0 Å². The van der Waals surface area contributed by atoms with E-state index in [-0.39, 0.29) is 0 Å². The minimum Gasteiger partial charge on any atom is -0.295 e. The highest BCUT2D eigenvalue weighted by molar-refractivity contribution is 8.29. The molecule has 162 valence electrons. The summed E-state index contributed by atoms with van der Waals surface area (Å²) in [5.74, 6) is 0.511. The second-order valence-corrected chi connectivity index (χ2v) is 18.9. The van der Waals surface area contributed by atoms with Crippen LogP contribution in [0, 0.1) is 0 Å². The van der Waals surface area contributed by atoms with Gasteiger partial charge in [0.1, 0.15) is 7.22 Å². The second kappa shape index (κ2) is 8.84. The monoisotopic (exact) mass is 437 g/mol. The topological polar surface area (TPSA) is 3.24 Å². The minimum atomic E-state index is -1.49. The molecule has 0 bridgehead atoms. The first-order valence-corrected chi connectivity index (χ1v) is 15.7. The molecule has 30 heavy (non-hydrogen) atoms. The lowest BCUT2D eigenvalue weighted by atomic mass is 9.82. The zero-order chi connectivity index (χ0) is 21.5. The first kappa shape index (κ1) is 22.2. The molecule has 2 aliphatic rings. The molecule has 2 aliphatic heterocycles. The zero-order valence-corrected chi connectivity index (χ0v) is 21.5. The lowest BCUT2D eigenvalue weighted by molar-refractivity contribution is 0.230. The van der Waals surface area contributed by atoms with Gasteiger partial charge in [-0.05, 0) is 64.8 Å². The van der Waals surface area contributed by atoms with Crippen molar-refractivity contribution < 1.29 is 0 Å². The molecule has 0 aromatic heterocycles. The first-order valence-electron chi connectivity index (χ1n) is 12.0. The van der Waals surface area contributed by atoms with Crippen LogP contribution in [-0.4, -0.2) is 25.2 Å². The highest BCUT2D eigenvalue weighted by atomic mass is 32.4. The third-order valence-electron chi connectivity index (χ3n) is 7.80. The van der Waals surface area contributed by atoms with Gasteiger partial charge in [-0.15, -0.1) is 0 Å². The van der Waals surface area contributed by atoms with Crippen molar-refractivity contribution in [1.82, 2.24) is 4.90 Å². The molecular formula is C27H39NSSi. The van der Waals surface area contributed by atoms with Gasteiger partial charge in [-0.3, -0.25) is 4.90 Å². The van der Waals surface area contributed by atoms with Gasteiger partial charge in [0.05, 0.1) is 0 Å². The highest BCUT2D eigenvalue weighted by Crippen LogP contribution is 2.52. The molecule has 0 N–H and O–H groups in total. The average Bonchev–Trinajstić information content (AvgIpc) is 3.20. The van der Waals surface area contributed by atoms with Gasteiger partial charge in [0, 0.05) is 23.4 Å². The van der Waals surface area contributed by atoms with Gasteiger partial charge in [-0.2, -0.15) is 11.2 Å². The van der Waals surface area contributed by atoms with Crippen LogP contribution in [0.4, 0.5) is 0 Å². The van der Waals surface area contributed by atoms with Crippen molar-refractivity contribution in [2.24, 2.45) is 0 Å². The Bertz CT molecular complexity index is 836. The van der Waals surface area contributed by atoms with Gasteiger partial charge in [-0.25, -0.2) is 0 Å². The lowest BCUT2D eigenvalue weighted by Gasteiger charge is -2.42. The molecule has 1 fully saturated rings. The van der Waals surface area contributed by atoms with E-state index in [4.69, 9.17) is 0 Å². The predicted octanol–water partition coefficient (Wildman–Crippen LogP) is 8.24. The van der Waals surface area contributed by atoms with E-state index in [0.717, 1.165) is 16.6 Å². The van der Waals surface area contributed by atoms with Crippen LogP contribution in [0.1, 0.15) is 83.0 Å². The van der Waals surface area contributed by atoms with E-state index in [2.05, 4.69) is 106 Å². The molecule has 3 heteroatoms. The molecule has 2 aromatic carbocycles. The van der Waals surface area contributed by atoms with Crippen LogP contribution >= 0.6 is 11.2 Å². The number of rotatable bonds is 6. The fraction of sp³-hybridized carbons (Fsp3) is 0.556. The van der Waals surface area contributed by atoms with Crippen LogP contribution < -0.4 is 0 Å². The van der Waals surface area contributed by atoms with E-state index in [1.165, 1.54) is 36.4 Å². The molecule has 2 aromatic rings. The van der Waals surface area contributed by atoms with Gasteiger partial charge >= 0.3 is 0 Å². The molecule has 0 unspecified atom stereocenters. The van der Waals surface area contributed by atoms with Crippen molar-refractivity contribution in [3.05, 3.63) is 65.2 Å². The Morgan fingerprint density at radius 2 is 1.43 bits per heavy atom. The van der Waals surface area contributed by atoms with Crippen molar-refractivity contribution in [2.75, 3.05) is 13.1 Å². The van der Waals surface area contributed by atoms with Crippen molar-refractivity contribution in [2.45, 2.75) is 87.9 Å². The minimum absolute atomic E-state index is 0.511. The Morgan fingerprint density at radius 3 is 2.03 bits per heavy atom. The molecule has 2 atom stereocenters. The van der Waals surface area contributed by atoms with Crippen molar-refractivity contribution >= 4 is 18.4 Å². The molecule has 1 nitrogen and oxygen atoms in total. The second-order valence-electron chi connectivity index (χ2n) is 10.3. The average molecular weight is 438 g/mol. The Hall–Kier alpha value is -1.03. The molecule has 0 spiro atoms. The Labute approximate surface area is 189 Å². The van der Waals surface area contributed by atoms with Crippen LogP contribution in [0.15, 0.2) is 53.4 Å². The molecule has 0 amide bonds. The van der Waals surface area contributed by atoms with Gasteiger partial charge in [0.25, 0.3) is 0 Å². The standard InChI is InChI=1S/C27H39NSSi/c1-19(2)30(20(3)4,21(5)6)29-23-15-13-22(14-16-23)26-18-28-17-9-12-27(28)25-11-8-7-10-24(25)26/h7-8,10-11,13-16,19-21,26-27H,9,12,17-18H2,1-6H3/t26-,27+/m1/s1. The smallest absolute Gasteiger partial charge is 0.131 e. The van der Waals surface area contributed by atoms with Crippen LogP contribution in [0.2, 0.25) is 16.6 Å². The summed E-state index contributed by atoms with van der Waals surface area (Å²) in [7, 11) is -1.49. The fourth-order valence-electron chi connectivity index (χ4n) is 6.47. The quantitative estimate of drug-likeness (QED) is 0.419. The van der Waals surface area contributed by atoms with E-state index in [0.29, 0.717) is 12.0 Å². The Kier molecular flexibility index (Phi) is 6.53. The SMILES string of the molecule is CC(C)[Si](Sc1ccc([C@H]2CN3CCC[C@H]3c3ccccc32)cc1)(C(C)C)C(C)C. The third kappa shape index (κ3) is 3.82. The number of hydrogen-bond acceptors (Lipinski definition) is 2. The molecule has 2 heterocycles. The maximum absolute atomic E-state index is 2.73. The summed E-state index contributed by atoms with van der Waals surface area (Å²) < 4.78 is 0. The Morgan fingerprint density at radius 1 is 0.833 bits per heavy atom. The van der Waals surface area contributed by atoms with Crippen LogP contribution in [-0.2, 0) is 0 Å². The number of benzene rings is 2. The summed E-state index contributed by atoms with van der Waals surface area (Å²) in [6.07, 6.45) is 2.67. The Balaban J connectivity index is 1.62. The molecule has 0 aliphatic carbocycles. The van der Waals surface area contributed by atoms with Crippen molar-refractivity contribution in [1.29, 1.82) is 0 Å². The van der Waals surface area contributed by atoms with E-state index in [1.54, 1.807) is 11.1 Å². The number of hydrogen-bond donors (Lipinski definition) is 0. The van der Waals surface area contributed by atoms with E-state index < -0.39 is 7.22 Å². The number of fused-ring (bicyclic) bond motifs is 3. The summed E-state index contributed by atoms with van der Waals surface area (Å²) >= 11 is 2.25. The maximum atomic E-state index is 2.73. The maximum Gasteiger partial charge on any atom is 0.131 e. The van der Waals surface area contributed by atoms with Crippen molar-refractivity contribution in [3.63, 3.8) is 0 Å². The van der Waals surface area contributed by atoms with E-state index >= 15 is 0 Å². The summed E-state index contributed by atoms with van der Waals surface area (Å²) in [6, 6.07) is 19.6. The molecular weight excluding hydrogens is 398 g/mol. The largest absolute Gasteiger partial charge is 0.295 e. The molecule has 0 radical (unpaired) electrons. The van der Waals surface area contributed by atoms with Gasteiger partial charge < -0.3 is 0 Å². The molecule has 4 rings (SSSR count). The number of nitrogens with zero attached hydrogens (tertiary/aromatic N) is 1. The van der Waals surface area contributed by atoms with Gasteiger partial charge in [0.15, 0.2) is 0 Å². The summed E-state index contributed by atoms with van der Waals surface area (Å²) in [5.41, 5.74) is 6.97. The van der Waals surface area contributed by atoms with E-state index in [1.807, 2.05) is 0 Å². The molecule has 0 saturated carbocycles. The lowest BCUT2D eigenvalue weighted by Crippen LogP contribution is -2.40. The highest BCUT2D eigenvalue weighted by Gasteiger charge is 2.44. The van der Waals surface area contributed by atoms with Crippen LogP contribution in [0.3, 0.4) is 0 Å². The molecule has 1 saturated heterocycles. The third-order valence-corrected chi connectivity index (χ3v) is 20.1. The van der Waals surface area contributed by atoms with Crippen LogP contribution in [0.5, 0.6) is 0 Å². The normalized spacial score (nSPS) is 22.0. The predicted molar refractivity (Wildman–Crippen MR) is 135 cm³/mol. The first-order chi connectivity index (χ1) is 14.3. The summed E-state index contributed by atoms with van der Waals surface area (Å²) in [4.78, 5) is 4.20. The van der Waals surface area contributed by atoms with Gasteiger partial charge in [0.2, 0.25) is 0 Å². The fourth-order valence-corrected chi connectivity index (χ4v) is 15.6. The zero-order valence-electron chi connectivity index (χ0n) is 19.7. The summed E-state index contributed by atoms with van der Waals surface area (Å²) in [5, 5.41) is 0. The van der Waals surface area contributed by atoms with Crippen molar-refractivity contribution in [3.8, 4) is 0 Å². The summed E-state index contributed by atoms with van der Waals surface area (Å²) in [6.45, 7) is 17.2. The van der Waals surface area contributed by atoms with Gasteiger partial charge in [-0.1, -0.05) is 77.9 Å². The van der Waals surface area contributed by atoms with E-state index in [9.17, 15) is 0 Å².